The first-order valence-corrected chi connectivity index (χ1v) is 7.68. The van der Waals surface area contributed by atoms with Crippen LogP contribution in [0.5, 0.6) is 0 Å². The van der Waals surface area contributed by atoms with E-state index in [-0.39, 0.29) is 40.1 Å². The molecule has 0 aliphatic rings. The maximum Gasteiger partial charge on any atom is 0.242 e. The predicted molar refractivity (Wildman–Crippen MR) is 95.1 cm³/mol. The predicted octanol–water partition coefficient (Wildman–Crippen LogP) is 2.93. The van der Waals surface area contributed by atoms with Gasteiger partial charge in [-0.25, -0.2) is 0 Å². The Hall–Kier alpha value is -1.52. The highest BCUT2D eigenvalue weighted by molar-refractivity contribution is 5.81. The second kappa shape index (κ2) is 11.2. The Morgan fingerprint density at radius 2 is 1.43 bits per heavy atom. The molecule has 2 atom stereocenters. The van der Waals surface area contributed by atoms with E-state index in [1.165, 1.54) is 6.92 Å². The summed E-state index contributed by atoms with van der Waals surface area (Å²) >= 11 is 0. The topological polar surface area (TPSA) is 70.2 Å². The van der Waals surface area contributed by atoms with Gasteiger partial charge < -0.3 is 16.0 Å². The molecular weight excluding hydrogens is 266 g/mol. The van der Waals surface area contributed by atoms with Crippen LogP contribution in [-0.2, 0) is 9.59 Å². The summed E-state index contributed by atoms with van der Waals surface area (Å²) in [6.45, 7) is 19.0. The van der Waals surface area contributed by atoms with E-state index in [1.807, 2.05) is 41.5 Å². The zero-order chi connectivity index (χ0) is 17.2. The van der Waals surface area contributed by atoms with Crippen molar-refractivity contribution in [2.75, 3.05) is 0 Å². The summed E-state index contributed by atoms with van der Waals surface area (Å²) in [7, 11) is 0. The van der Waals surface area contributed by atoms with Gasteiger partial charge in [0.05, 0.1) is 6.04 Å². The first-order valence-electron chi connectivity index (χ1n) is 7.68. The second-order valence-electron chi connectivity index (χ2n) is 5.48. The van der Waals surface area contributed by atoms with Crippen LogP contribution in [0.4, 0.5) is 0 Å². The first-order chi connectivity index (χ1) is 9.65. The van der Waals surface area contributed by atoms with Crippen molar-refractivity contribution in [1.82, 2.24) is 16.0 Å². The van der Waals surface area contributed by atoms with E-state index in [1.54, 1.807) is 6.92 Å². The van der Waals surface area contributed by atoms with E-state index in [0.29, 0.717) is 5.70 Å². The third-order valence-corrected chi connectivity index (χ3v) is 2.63. The minimum atomic E-state index is -0.384. The van der Waals surface area contributed by atoms with Crippen LogP contribution in [0.15, 0.2) is 12.3 Å². The Bertz CT molecular complexity index is 351. The summed E-state index contributed by atoms with van der Waals surface area (Å²) in [5, 5.41) is 8.71. The Labute approximate surface area is 134 Å². The van der Waals surface area contributed by atoms with Crippen LogP contribution in [0.25, 0.3) is 0 Å². The van der Waals surface area contributed by atoms with E-state index < -0.39 is 0 Å². The maximum atomic E-state index is 11.8. The number of hydrogen-bond acceptors (Lipinski definition) is 3. The average molecular weight is 306 g/mol. The van der Waals surface area contributed by atoms with Crippen molar-refractivity contribution in [3.05, 3.63) is 12.3 Å². The van der Waals surface area contributed by atoms with Crippen LogP contribution in [0.3, 0.4) is 0 Å². The molecule has 5 heteroatoms. The molecule has 2 amide bonds. The largest absolute Gasteiger partial charge is 0.376 e. The molecule has 0 bridgehead atoms. The average Bonchev–Trinajstić information content (AvgIpc) is 2.36. The molecule has 0 aromatic heterocycles. The van der Waals surface area contributed by atoms with Gasteiger partial charge in [-0.05, 0) is 26.7 Å². The first kappa shape index (κ1) is 21.8. The summed E-state index contributed by atoms with van der Waals surface area (Å²) < 4.78 is 0. The lowest BCUT2D eigenvalue weighted by molar-refractivity contribution is -0.123. The van der Waals surface area contributed by atoms with Crippen molar-refractivity contribution < 1.29 is 13.9 Å². The van der Waals surface area contributed by atoms with Crippen LogP contribution in [0.2, 0.25) is 0 Å². The summed E-state index contributed by atoms with van der Waals surface area (Å²) in [5.74, 6) is 0.00618. The molecule has 0 aromatic carbocycles. The van der Waals surface area contributed by atoms with E-state index >= 15 is 0 Å². The summed E-state index contributed by atoms with van der Waals surface area (Å²) in [5.41, 5.74) is 0.650. The summed E-state index contributed by atoms with van der Waals surface area (Å²) in [4.78, 5) is 23.0. The number of carbonyl (C=O) groups excluding carboxylic acids is 2. The Morgan fingerprint density at radius 3 is 1.76 bits per heavy atom. The Balaban J connectivity index is -0.000000231. The van der Waals surface area contributed by atoms with E-state index in [2.05, 4.69) is 22.5 Å². The number of amides is 2. The smallest absolute Gasteiger partial charge is 0.242 e. The zero-order valence-corrected chi connectivity index (χ0v) is 14.8. The third-order valence-electron chi connectivity index (χ3n) is 2.63. The fraction of sp³-hybridized carbons (Fsp3) is 0.750. The number of nitrogens with one attached hydrogen (secondary N) is 3. The number of hydrogen-bond donors (Lipinski definition) is 3. The van der Waals surface area contributed by atoms with Crippen molar-refractivity contribution in [2.24, 2.45) is 5.92 Å². The number of carbonyl (C=O) groups is 2. The molecular formula is C16H39N3O2. The SMILES string of the molecule is C=C(NC(C)C(=O)NC(C)C)C(NC(C)=O)C(C)C.CC.[HH].[HH].[HH]. The number of rotatable bonds is 7. The lowest BCUT2D eigenvalue weighted by atomic mass is 10.0. The molecule has 2 unspecified atom stereocenters. The molecule has 0 aliphatic heterocycles. The van der Waals surface area contributed by atoms with Gasteiger partial charge in [0, 0.05) is 22.9 Å². The van der Waals surface area contributed by atoms with Gasteiger partial charge in [-0.3, -0.25) is 9.59 Å². The quantitative estimate of drug-likeness (QED) is 0.677. The third kappa shape index (κ3) is 9.93. The van der Waals surface area contributed by atoms with E-state index in [9.17, 15) is 9.59 Å². The van der Waals surface area contributed by atoms with Gasteiger partial charge in [0.2, 0.25) is 11.8 Å². The normalized spacial score (nSPS) is 12.9. The highest BCUT2D eigenvalue weighted by Crippen LogP contribution is 2.09. The van der Waals surface area contributed by atoms with E-state index in [0.717, 1.165) is 0 Å². The second-order valence-corrected chi connectivity index (χ2v) is 5.48. The van der Waals surface area contributed by atoms with Crippen molar-refractivity contribution in [3.63, 3.8) is 0 Å². The van der Waals surface area contributed by atoms with Gasteiger partial charge in [0.15, 0.2) is 0 Å². The highest BCUT2D eigenvalue weighted by Gasteiger charge is 2.21. The lowest BCUT2D eigenvalue weighted by Crippen LogP contribution is -2.49. The lowest BCUT2D eigenvalue weighted by Gasteiger charge is -2.27. The van der Waals surface area contributed by atoms with Crippen LogP contribution in [0, 0.1) is 5.92 Å². The van der Waals surface area contributed by atoms with Crippen LogP contribution < -0.4 is 16.0 Å². The molecule has 0 fully saturated rings. The van der Waals surface area contributed by atoms with Gasteiger partial charge >= 0.3 is 0 Å². The van der Waals surface area contributed by atoms with Gasteiger partial charge in [-0.2, -0.15) is 0 Å². The van der Waals surface area contributed by atoms with Crippen molar-refractivity contribution in [2.45, 2.75) is 73.5 Å². The van der Waals surface area contributed by atoms with Crippen molar-refractivity contribution >= 4 is 11.8 Å². The van der Waals surface area contributed by atoms with Crippen molar-refractivity contribution in [1.29, 1.82) is 0 Å². The molecule has 0 aliphatic carbocycles. The maximum absolute atomic E-state index is 11.8. The van der Waals surface area contributed by atoms with E-state index in [4.69, 9.17) is 0 Å². The molecule has 0 heterocycles. The van der Waals surface area contributed by atoms with Gasteiger partial charge in [-0.15, -0.1) is 0 Å². The highest BCUT2D eigenvalue weighted by atomic mass is 16.2. The van der Waals surface area contributed by atoms with Crippen molar-refractivity contribution in [3.8, 4) is 0 Å². The monoisotopic (exact) mass is 305 g/mol. The van der Waals surface area contributed by atoms with Crippen LogP contribution in [0.1, 0.15) is 59.7 Å². The van der Waals surface area contributed by atoms with Crippen LogP contribution >= 0.6 is 0 Å². The fourth-order valence-electron chi connectivity index (χ4n) is 1.72. The molecule has 21 heavy (non-hydrogen) atoms. The molecule has 0 spiro atoms. The minimum absolute atomic E-state index is 0. The molecule has 130 valence electrons. The molecule has 5 nitrogen and oxygen atoms in total. The molecule has 0 radical (unpaired) electrons. The fourth-order valence-corrected chi connectivity index (χ4v) is 1.72. The van der Waals surface area contributed by atoms with Gasteiger partial charge in [-0.1, -0.05) is 34.3 Å². The molecule has 0 aromatic rings. The zero-order valence-electron chi connectivity index (χ0n) is 14.8. The van der Waals surface area contributed by atoms with Gasteiger partial charge in [0.1, 0.15) is 6.04 Å². The molecule has 0 saturated carbocycles. The molecule has 0 rings (SSSR count). The summed E-state index contributed by atoms with van der Waals surface area (Å²) in [6.07, 6.45) is 0. The van der Waals surface area contributed by atoms with Crippen LogP contribution in [-0.4, -0.2) is 29.9 Å². The Morgan fingerprint density at radius 1 is 0.952 bits per heavy atom. The standard InChI is InChI=1S/C14H27N3O2.C2H6.3H2/c1-8(2)13(17-12(7)18)10(5)16-11(6)14(19)15-9(3)4;1-2;;;/h8-9,11,13,16H,5H2,1-4,6-7H3,(H,15,19)(H,17,18);1-2H3;3*1H. The Kier molecular flexibility index (Phi) is 11.6. The summed E-state index contributed by atoms with van der Waals surface area (Å²) in [6, 6.07) is -0.474. The minimum Gasteiger partial charge on any atom is -0.376 e. The van der Waals surface area contributed by atoms with Gasteiger partial charge in [0.25, 0.3) is 0 Å². The molecule has 3 N–H and O–H groups in total. The molecule has 0 saturated heterocycles.